The van der Waals surface area contributed by atoms with Crippen LogP contribution < -0.4 is 10.6 Å². The number of aliphatic carboxylic acids is 1. The minimum atomic E-state index is -1.19. The molecule has 1 saturated heterocycles. The number of rotatable bonds is 4. The lowest BCUT2D eigenvalue weighted by molar-refractivity contribution is -0.147. The minimum Gasteiger partial charge on any atom is -0.480 e. The van der Waals surface area contributed by atoms with Crippen molar-refractivity contribution in [3.8, 4) is 0 Å². The van der Waals surface area contributed by atoms with E-state index in [0.29, 0.717) is 25.9 Å². The number of carboxylic acids is 1. The number of nitrogens with zero attached hydrogens (tertiary/aromatic N) is 1. The lowest BCUT2D eigenvalue weighted by Crippen LogP contribution is -2.57. The molecule has 2 unspecified atom stereocenters. The molecule has 0 spiro atoms. The van der Waals surface area contributed by atoms with E-state index in [2.05, 4.69) is 10.6 Å². The van der Waals surface area contributed by atoms with Gasteiger partial charge in [0.1, 0.15) is 11.6 Å². The minimum absolute atomic E-state index is 0.285. The number of hydrogen-bond donors (Lipinski definition) is 3. The van der Waals surface area contributed by atoms with Crippen LogP contribution in [0.1, 0.15) is 33.6 Å². The van der Waals surface area contributed by atoms with Crippen molar-refractivity contribution >= 4 is 17.9 Å². The molecule has 0 aromatic carbocycles. The molecular weight excluding hydrogens is 250 g/mol. The normalized spacial score (nSPS) is 23.8. The molecular formula is C12H21N3O4. The molecule has 1 heterocycles. The largest absolute Gasteiger partial charge is 0.480 e. The van der Waals surface area contributed by atoms with E-state index in [9.17, 15) is 19.5 Å². The standard InChI is InChI=1S/C12H21N3O4/c1-4-13-9(16)8(2)14-11(19)15-7-5-6-12(15,3)10(17)18/h8H,4-7H2,1-3H3,(H,13,16)(H,14,19)(H,17,18). The molecule has 19 heavy (non-hydrogen) atoms. The number of amides is 3. The van der Waals surface area contributed by atoms with Crippen molar-refractivity contribution in [3.05, 3.63) is 0 Å². The van der Waals surface area contributed by atoms with Gasteiger partial charge in [-0.1, -0.05) is 0 Å². The van der Waals surface area contributed by atoms with Crippen LogP contribution >= 0.6 is 0 Å². The fourth-order valence-electron chi connectivity index (χ4n) is 2.17. The topological polar surface area (TPSA) is 98.7 Å². The van der Waals surface area contributed by atoms with Crippen LogP contribution in [0.25, 0.3) is 0 Å². The predicted octanol–water partition coefficient (Wildman–Crippen LogP) is 0.160. The maximum absolute atomic E-state index is 12.1. The van der Waals surface area contributed by atoms with Crippen molar-refractivity contribution in [2.24, 2.45) is 0 Å². The molecule has 0 radical (unpaired) electrons. The fraction of sp³-hybridized carbons (Fsp3) is 0.750. The lowest BCUT2D eigenvalue weighted by Gasteiger charge is -2.32. The number of hydrogen-bond acceptors (Lipinski definition) is 3. The summed E-state index contributed by atoms with van der Waals surface area (Å²) >= 11 is 0. The zero-order valence-corrected chi connectivity index (χ0v) is 11.5. The van der Waals surface area contributed by atoms with Gasteiger partial charge in [0.05, 0.1) is 0 Å². The molecule has 1 rings (SSSR count). The van der Waals surface area contributed by atoms with E-state index < -0.39 is 23.6 Å². The number of carbonyl (C=O) groups excluding carboxylic acids is 2. The number of likely N-dealkylation sites (N-methyl/N-ethyl adjacent to an activating group) is 1. The molecule has 108 valence electrons. The zero-order chi connectivity index (χ0) is 14.6. The Morgan fingerprint density at radius 2 is 2.05 bits per heavy atom. The van der Waals surface area contributed by atoms with Crippen LogP contribution in [-0.2, 0) is 9.59 Å². The molecule has 7 heteroatoms. The second-order valence-corrected chi connectivity index (χ2v) is 4.90. The smallest absolute Gasteiger partial charge is 0.329 e. The highest BCUT2D eigenvalue weighted by Gasteiger charge is 2.46. The first-order chi connectivity index (χ1) is 8.82. The number of nitrogens with one attached hydrogen (secondary N) is 2. The maximum Gasteiger partial charge on any atom is 0.329 e. The van der Waals surface area contributed by atoms with Gasteiger partial charge in [-0.05, 0) is 33.6 Å². The quantitative estimate of drug-likeness (QED) is 0.678. The Labute approximate surface area is 112 Å². The fourth-order valence-corrected chi connectivity index (χ4v) is 2.17. The highest BCUT2D eigenvalue weighted by molar-refractivity contribution is 5.90. The second kappa shape index (κ2) is 5.90. The summed E-state index contributed by atoms with van der Waals surface area (Å²) in [5.41, 5.74) is -1.19. The zero-order valence-electron chi connectivity index (χ0n) is 11.5. The van der Waals surface area contributed by atoms with E-state index in [0.717, 1.165) is 0 Å². The molecule has 2 atom stereocenters. The summed E-state index contributed by atoms with van der Waals surface area (Å²) in [5.74, 6) is -1.31. The molecule has 0 aliphatic carbocycles. The van der Waals surface area contributed by atoms with Crippen molar-refractivity contribution < 1.29 is 19.5 Å². The number of urea groups is 1. The van der Waals surface area contributed by atoms with Gasteiger partial charge in [-0.2, -0.15) is 0 Å². The molecule has 0 saturated carbocycles. The van der Waals surface area contributed by atoms with E-state index in [1.54, 1.807) is 13.8 Å². The van der Waals surface area contributed by atoms with E-state index >= 15 is 0 Å². The van der Waals surface area contributed by atoms with Gasteiger partial charge in [0, 0.05) is 13.1 Å². The summed E-state index contributed by atoms with van der Waals surface area (Å²) in [6.45, 7) is 5.75. The summed E-state index contributed by atoms with van der Waals surface area (Å²) in [7, 11) is 0. The molecule has 0 aromatic heterocycles. The Bertz CT molecular complexity index is 385. The van der Waals surface area contributed by atoms with E-state index in [1.165, 1.54) is 11.8 Å². The Hall–Kier alpha value is -1.79. The first-order valence-corrected chi connectivity index (χ1v) is 6.42. The first-order valence-electron chi connectivity index (χ1n) is 6.42. The van der Waals surface area contributed by atoms with Gasteiger partial charge in [-0.3, -0.25) is 4.79 Å². The van der Waals surface area contributed by atoms with E-state index in [4.69, 9.17) is 0 Å². The summed E-state index contributed by atoms with van der Waals surface area (Å²) in [4.78, 5) is 36.1. The van der Waals surface area contributed by atoms with E-state index in [-0.39, 0.29) is 5.91 Å². The first kappa shape index (κ1) is 15.3. The van der Waals surface area contributed by atoms with Crippen molar-refractivity contribution in [1.82, 2.24) is 15.5 Å². The van der Waals surface area contributed by atoms with E-state index in [1.807, 2.05) is 0 Å². The summed E-state index contributed by atoms with van der Waals surface area (Å²) in [6, 6.07) is -1.20. The van der Waals surface area contributed by atoms with Crippen LogP contribution in [0.15, 0.2) is 0 Å². The van der Waals surface area contributed by atoms with Crippen molar-refractivity contribution in [3.63, 3.8) is 0 Å². The van der Waals surface area contributed by atoms with Crippen LogP contribution in [0, 0.1) is 0 Å². The van der Waals surface area contributed by atoms with Gasteiger partial charge >= 0.3 is 12.0 Å². The third kappa shape index (κ3) is 3.15. The van der Waals surface area contributed by atoms with Gasteiger partial charge in [-0.15, -0.1) is 0 Å². The van der Waals surface area contributed by atoms with Crippen LogP contribution in [-0.4, -0.2) is 52.6 Å². The van der Waals surface area contributed by atoms with Crippen molar-refractivity contribution in [1.29, 1.82) is 0 Å². The Morgan fingerprint density at radius 3 is 2.58 bits per heavy atom. The van der Waals surface area contributed by atoms with Crippen LogP contribution in [0.2, 0.25) is 0 Å². The Balaban J connectivity index is 2.68. The summed E-state index contributed by atoms with van der Waals surface area (Å²) < 4.78 is 0. The highest BCUT2D eigenvalue weighted by atomic mass is 16.4. The third-order valence-electron chi connectivity index (χ3n) is 3.43. The summed E-state index contributed by atoms with van der Waals surface area (Å²) in [6.07, 6.45) is 1.07. The number of likely N-dealkylation sites (tertiary alicyclic amines) is 1. The SMILES string of the molecule is CCNC(=O)C(C)NC(=O)N1CCCC1(C)C(=O)O. The van der Waals surface area contributed by atoms with Gasteiger partial charge in [0.25, 0.3) is 0 Å². The van der Waals surface area contributed by atoms with Crippen LogP contribution in [0.5, 0.6) is 0 Å². The monoisotopic (exact) mass is 271 g/mol. The molecule has 0 aromatic rings. The molecule has 7 nitrogen and oxygen atoms in total. The van der Waals surface area contributed by atoms with Gasteiger partial charge in [-0.25, -0.2) is 9.59 Å². The van der Waals surface area contributed by atoms with Crippen molar-refractivity contribution in [2.75, 3.05) is 13.1 Å². The molecule has 3 amide bonds. The van der Waals surface area contributed by atoms with Gasteiger partial charge in [0.2, 0.25) is 5.91 Å². The Morgan fingerprint density at radius 1 is 1.42 bits per heavy atom. The molecule has 1 aliphatic rings. The molecule has 0 bridgehead atoms. The molecule has 1 aliphatic heterocycles. The summed E-state index contributed by atoms with van der Waals surface area (Å²) in [5, 5.41) is 14.3. The average molecular weight is 271 g/mol. The maximum atomic E-state index is 12.1. The average Bonchev–Trinajstić information content (AvgIpc) is 2.73. The predicted molar refractivity (Wildman–Crippen MR) is 68.7 cm³/mol. The third-order valence-corrected chi connectivity index (χ3v) is 3.43. The van der Waals surface area contributed by atoms with Gasteiger partial charge in [0.15, 0.2) is 0 Å². The highest BCUT2D eigenvalue weighted by Crippen LogP contribution is 2.29. The lowest BCUT2D eigenvalue weighted by atomic mass is 10.00. The Kier molecular flexibility index (Phi) is 4.74. The van der Waals surface area contributed by atoms with Crippen molar-refractivity contribution in [2.45, 2.75) is 45.2 Å². The van der Waals surface area contributed by atoms with Crippen LogP contribution in [0.3, 0.4) is 0 Å². The molecule has 3 N–H and O–H groups in total. The van der Waals surface area contributed by atoms with Gasteiger partial charge < -0.3 is 20.6 Å². The number of carbonyl (C=O) groups is 3. The number of carboxylic acid groups (broad SMARTS) is 1. The van der Waals surface area contributed by atoms with Crippen LogP contribution in [0.4, 0.5) is 4.79 Å². The molecule has 1 fully saturated rings. The second-order valence-electron chi connectivity index (χ2n) is 4.90.